The van der Waals surface area contributed by atoms with Gasteiger partial charge < -0.3 is 14.6 Å². The Bertz CT molecular complexity index is 1060. The lowest BCUT2D eigenvalue weighted by Crippen LogP contribution is -2.24. The van der Waals surface area contributed by atoms with Crippen molar-refractivity contribution in [2.75, 3.05) is 12.4 Å². The first kappa shape index (κ1) is 22.9. The van der Waals surface area contributed by atoms with E-state index in [4.69, 9.17) is 4.74 Å². The molecule has 31 heavy (non-hydrogen) atoms. The quantitative estimate of drug-likeness (QED) is 0.469. The number of hydrogen-bond donors (Lipinski definition) is 1. The average Bonchev–Trinajstić information content (AvgIpc) is 3.16. The van der Waals surface area contributed by atoms with Gasteiger partial charge in [-0.3, -0.25) is 4.79 Å². The van der Waals surface area contributed by atoms with Gasteiger partial charge in [0.2, 0.25) is 5.91 Å². The normalized spacial score (nSPS) is 12.1. The fraction of sp³-hybridized carbons (Fsp3) is 0.375. The van der Waals surface area contributed by atoms with Crippen molar-refractivity contribution in [3.8, 4) is 17.1 Å². The predicted octanol–water partition coefficient (Wildman–Crippen LogP) is 5.52. The van der Waals surface area contributed by atoms with Gasteiger partial charge in [-0.25, -0.2) is 0 Å². The van der Waals surface area contributed by atoms with E-state index in [1.807, 2.05) is 61.7 Å². The summed E-state index contributed by atoms with van der Waals surface area (Å²) >= 11 is 1.41. The first-order valence-electron chi connectivity index (χ1n) is 10.5. The number of para-hydroxylation sites is 2. The number of aromatic nitrogens is 3. The van der Waals surface area contributed by atoms with E-state index in [1.165, 1.54) is 11.8 Å². The Morgan fingerprint density at radius 1 is 1.13 bits per heavy atom. The zero-order chi connectivity index (χ0) is 22.5. The van der Waals surface area contributed by atoms with Gasteiger partial charge in [-0.05, 0) is 49.9 Å². The van der Waals surface area contributed by atoms with E-state index >= 15 is 0 Å². The maximum atomic E-state index is 13.0. The second kappa shape index (κ2) is 10.0. The van der Waals surface area contributed by atoms with Crippen LogP contribution in [0.25, 0.3) is 11.4 Å². The Kier molecular flexibility index (Phi) is 7.38. The summed E-state index contributed by atoms with van der Waals surface area (Å²) in [6.45, 7) is 10.9. The molecule has 1 unspecified atom stereocenters. The van der Waals surface area contributed by atoms with Crippen molar-refractivity contribution in [3.05, 3.63) is 53.6 Å². The van der Waals surface area contributed by atoms with E-state index in [0.29, 0.717) is 17.6 Å². The van der Waals surface area contributed by atoms with Gasteiger partial charge >= 0.3 is 0 Å². The summed E-state index contributed by atoms with van der Waals surface area (Å²) < 4.78 is 7.50. The van der Waals surface area contributed by atoms with Crippen LogP contribution in [0.1, 0.15) is 44.7 Å². The molecule has 7 heteroatoms. The molecule has 1 aromatic heterocycles. The van der Waals surface area contributed by atoms with Crippen molar-refractivity contribution in [2.24, 2.45) is 0 Å². The molecule has 1 amide bonds. The molecule has 0 radical (unpaired) electrons. The van der Waals surface area contributed by atoms with E-state index in [9.17, 15) is 4.79 Å². The van der Waals surface area contributed by atoms with Crippen LogP contribution in [0.2, 0.25) is 0 Å². The van der Waals surface area contributed by atoms with Gasteiger partial charge in [-0.2, -0.15) is 0 Å². The van der Waals surface area contributed by atoms with Gasteiger partial charge in [0.25, 0.3) is 0 Å². The SMILES string of the molecule is CCn1c(SC(C)C(=O)Nc2c(C)cccc2C(C)C)nnc1-c1ccccc1OC. The van der Waals surface area contributed by atoms with E-state index in [1.54, 1.807) is 7.11 Å². The number of nitrogens with one attached hydrogen (secondary N) is 1. The lowest BCUT2D eigenvalue weighted by molar-refractivity contribution is -0.115. The van der Waals surface area contributed by atoms with Crippen molar-refractivity contribution in [2.45, 2.75) is 57.5 Å². The van der Waals surface area contributed by atoms with Gasteiger partial charge in [0.15, 0.2) is 11.0 Å². The van der Waals surface area contributed by atoms with Crippen LogP contribution in [-0.4, -0.2) is 33.0 Å². The Hall–Kier alpha value is -2.80. The first-order valence-corrected chi connectivity index (χ1v) is 11.4. The topological polar surface area (TPSA) is 69.0 Å². The maximum Gasteiger partial charge on any atom is 0.237 e. The Morgan fingerprint density at radius 3 is 2.55 bits per heavy atom. The highest BCUT2D eigenvalue weighted by molar-refractivity contribution is 8.00. The van der Waals surface area contributed by atoms with Crippen molar-refractivity contribution in [1.29, 1.82) is 0 Å². The summed E-state index contributed by atoms with van der Waals surface area (Å²) in [6.07, 6.45) is 0. The number of carbonyl (C=O) groups excluding carboxylic acids is 1. The fourth-order valence-corrected chi connectivity index (χ4v) is 4.38. The molecule has 6 nitrogen and oxygen atoms in total. The van der Waals surface area contributed by atoms with Crippen molar-refractivity contribution in [1.82, 2.24) is 14.8 Å². The second-order valence-electron chi connectivity index (χ2n) is 7.69. The largest absolute Gasteiger partial charge is 0.496 e. The van der Waals surface area contributed by atoms with Crippen LogP contribution in [0.3, 0.4) is 0 Å². The number of nitrogens with zero attached hydrogens (tertiary/aromatic N) is 3. The Labute approximate surface area is 188 Å². The molecule has 0 bridgehead atoms. The highest BCUT2D eigenvalue weighted by atomic mass is 32.2. The van der Waals surface area contributed by atoms with Crippen LogP contribution in [0.5, 0.6) is 5.75 Å². The van der Waals surface area contributed by atoms with Crippen LogP contribution < -0.4 is 10.1 Å². The number of ether oxygens (including phenoxy) is 1. The molecule has 1 atom stereocenters. The smallest absolute Gasteiger partial charge is 0.237 e. The molecule has 2 aromatic carbocycles. The van der Waals surface area contributed by atoms with E-state index < -0.39 is 0 Å². The summed E-state index contributed by atoms with van der Waals surface area (Å²) in [7, 11) is 1.64. The van der Waals surface area contributed by atoms with Crippen LogP contribution in [0.15, 0.2) is 47.6 Å². The van der Waals surface area contributed by atoms with Gasteiger partial charge in [-0.1, -0.05) is 55.9 Å². The third-order valence-electron chi connectivity index (χ3n) is 5.21. The number of methoxy groups -OCH3 is 1. The summed E-state index contributed by atoms with van der Waals surface area (Å²) in [5.41, 5.74) is 3.99. The van der Waals surface area contributed by atoms with Gasteiger partial charge in [0.1, 0.15) is 5.75 Å². The number of benzene rings is 2. The van der Waals surface area contributed by atoms with Crippen LogP contribution in [0.4, 0.5) is 5.69 Å². The summed E-state index contributed by atoms with van der Waals surface area (Å²) in [5, 5.41) is 12.3. The molecule has 1 heterocycles. The zero-order valence-corrected chi connectivity index (χ0v) is 19.8. The minimum Gasteiger partial charge on any atom is -0.496 e. The third kappa shape index (κ3) is 4.93. The number of aryl methyl sites for hydroxylation is 1. The van der Waals surface area contributed by atoms with E-state index in [2.05, 4.69) is 35.4 Å². The summed E-state index contributed by atoms with van der Waals surface area (Å²) in [4.78, 5) is 13.0. The van der Waals surface area contributed by atoms with Crippen molar-refractivity contribution < 1.29 is 9.53 Å². The molecule has 0 aliphatic rings. The second-order valence-corrected chi connectivity index (χ2v) is 9.00. The molecular weight excluding hydrogens is 408 g/mol. The highest BCUT2D eigenvalue weighted by Crippen LogP contribution is 2.33. The van der Waals surface area contributed by atoms with Crippen molar-refractivity contribution in [3.63, 3.8) is 0 Å². The molecule has 3 aromatic rings. The van der Waals surface area contributed by atoms with Crippen LogP contribution in [-0.2, 0) is 11.3 Å². The number of hydrogen-bond acceptors (Lipinski definition) is 5. The fourth-order valence-electron chi connectivity index (χ4n) is 3.47. The van der Waals surface area contributed by atoms with Gasteiger partial charge in [-0.15, -0.1) is 10.2 Å². The molecule has 0 fully saturated rings. The standard InChI is InChI=1S/C24H30N4O2S/c1-7-28-22(19-12-8-9-14-20(19)30-6)26-27-24(28)31-17(5)23(29)25-21-16(4)11-10-13-18(21)15(2)3/h8-15,17H,7H2,1-6H3,(H,25,29). The number of carbonyl (C=O) groups is 1. The van der Waals surface area contributed by atoms with Gasteiger partial charge in [0.05, 0.1) is 17.9 Å². The lowest BCUT2D eigenvalue weighted by Gasteiger charge is -2.18. The third-order valence-corrected chi connectivity index (χ3v) is 6.29. The molecule has 0 aliphatic carbocycles. The Morgan fingerprint density at radius 2 is 1.87 bits per heavy atom. The number of thioether (sulfide) groups is 1. The van der Waals surface area contributed by atoms with Crippen molar-refractivity contribution >= 4 is 23.4 Å². The molecule has 0 spiro atoms. The molecule has 0 aliphatic heterocycles. The summed E-state index contributed by atoms with van der Waals surface area (Å²) in [6, 6.07) is 13.9. The molecule has 0 saturated carbocycles. The highest BCUT2D eigenvalue weighted by Gasteiger charge is 2.23. The molecule has 164 valence electrons. The minimum absolute atomic E-state index is 0.0503. The lowest BCUT2D eigenvalue weighted by atomic mass is 9.98. The maximum absolute atomic E-state index is 13.0. The molecule has 1 N–H and O–H groups in total. The molecular formula is C24H30N4O2S. The van der Waals surface area contributed by atoms with Gasteiger partial charge in [0, 0.05) is 12.2 Å². The monoisotopic (exact) mass is 438 g/mol. The molecule has 0 saturated heterocycles. The Balaban J connectivity index is 1.82. The van der Waals surface area contributed by atoms with Crippen LogP contribution >= 0.6 is 11.8 Å². The number of rotatable bonds is 8. The number of anilines is 1. The minimum atomic E-state index is -0.334. The predicted molar refractivity (Wildman–Crippen MR) is 127 cm³/mol. The van der Waals surface area contributed by atoms with Crippen LogP contribution in [0, 0.1) is 6.92 Å². The van der Waals surface area contributed by atoms with E-state index in [-0.39, 0.29) is 11.2 Å². The summed E-state index contributed by atoms with van der Waals surface area (Å²) in [5.74, 6) is 1.75. The van der Waals surface area contributed by atoms with E-state index in [0.717, 1.165) is 34.0 Å². The molecule has 3 rings (SSSR count). The first-order chi connectivity index (χ1) is 14.9. The average molecular weight is 439 g/mol. The number of amides is 1. The zero-order valence-electron chi connectivity index (χ0n) is 19.0.